The van der Waals surface area contributed by atoms with Gasteiger partial charge >= 0.3 is 0 Å². The molecule has 0 aliphatic carbocycles. The lowest BCUT2D eigenvalue weighted by Crippen LogP contribution is -2.08. The van der Waals surface area contributed by atoms with Crippen LogP contribution in [0.3, 0.4) is 0 Å². The summed E-state index contributed by atoms with van der Waals surface area (Å²) in [6.45, 7) is 1.91. The van der Waals surface area contributed by atoms with Gasteiger partial charge in [0.1, 0.15) is 0 Å². The first kappa shape index (κ1) is 14.6. The Bertz CT molecular complexity index is 687. The van der Waals surface area contributed by atoms with E-state index in [1.54, 1.807) is 12.1 Å². The molecule has 2 rings (SSSR count). The van der Waals surface area contributed by atoms with Gasteiger partial charge in [-0.05, 0) is 19.1 Å². The van der Waals surface area contributed by atoms with Gasteiger partial charge in [-0.15, -0.1) is 0 Å². The van der Waals surface area contributed by atoms with Crippen LogP contribution in [0.1, 0.15) is 32.7 Å². The largest absolute Gasteiger partial charge is 0.294 e. The van der Waals surface area contributed by atoms with Crippen molar-refractivity contribution in [3.63, 3.8) is 0 Å². The van der Waals surface area contributed by atoms with Crippen molar-refractivity contribution >= 4 is 17.3 Å². The van der Waals surface area contributed by atoms with Gasteiger partial charge in [-0.1, -0.05) is 29.8 Å². The van der Waals surface area contributed by atoms with Gasteiger partial charge in [-0.3, -0.25) is 19.7 Å². The second kappa shape index (κ2) is 6.09. The molecule has 0 bridgehead atoms. The summed E-state index contributed by atoms with van der Waals surface area (Å²) in [5.74, 6) is -0.617. The van der Waals surface area contributed by atoms with Crippen LogP contribution in [0.25, 0.3) is 0 Å². The molecule has 0 unspecified atom stereocenters. The van der Waals surface area contributed by atoms with Crippen molar-refractivity contribution in [2.24, 2.45) is 0 Å². The molecule has 0 atom stereocenters. The minimum atomic E-state index is -0.536. The molecule has 0 aromatic heterocycles. The fourth-order valence-corrected chi connectivity index (χ4v) is 1.86. The molecule has 0 amide bonds. The van der Waals surface area contributed by atoms with E-state index in [1.165, 1.54) is 24.3 Å². The molecule has 0 N–H and O–H groups in total. The highest BCUT2D eigenvalue weighted by atomic mass is 16.6. The maximum absolute atomic E-state index is 12.0. The van der Waals surface area contributed by atoms with E-state index in [9.17, 15) is 19.7 Å². The Morgan fingerprint density at radius 2 is 1.33 bits per heavy atom. The Morgan fingerprint density at radius 1 is 0.905 bits per heavy atom. The molecular formula is C16H13NO4. The monoisotopic (exact) mass is 283 g/mol. The molecule has 0 heterocycles. The third-order valence-corrected chi connectivity index (χ3v) is 3.09. The summed E-state index contributed by atoms with van der Waals surface area (Å²) in [4.78, 5) is 34.0. The van der Waals surface area contributed by atoms with E-state index in [0.717, 1.165) is 5.56 Å². The Labute approximate surface area is 121 Å². The molecule has 0 fully saturated rings. The SMILES string of the molecule is Cc1ccc(C(=O)CC(=O)c2ccc([N+](=O)[O-])cc2)cc1. The third kappa shape index (κ3) is 3.60. The Hall–Kier alpha value is -2.82. The summed E-state index contributed by atoms with van der Waals surface area (Å²) in [6.07, 6.45) is -0.249. The molecule has 0 saturated carbocycles. The van der Waals surface area contributed by atoms with Gasteiger partial charge in [0, 0.05) is 23.3 Å². The summed E-state index contributed by atoms with van der Waals surface area (Å²) in [7, 11) is 0. The molecule has 0 radical (unpaired) electrons. The average molecular weight is 283 g/mol. The highest BCUT2D eigenvalue weighted by molar-refractivity contribution is 6.13. The van der Waals surface area contributed by atoms with Crippen LogP contribution in [0.15, 0.2) is 48.5 Å². The number of rotatable bonds is 5. The third-order valence-electron chi connectivity index (χ3n) is 3.09. The van der Waals surface area contributed by atoms with Crippen LogP contribution < -0.4 is 0 Å². The summed E-state index contributed by atoms with van der Waals surface area (Å²) in [5, 5.41) is 10.5. The summed E-state index contributed by atoms with van der Waals surface area (Å²) in [5.41, 5.74) is 1.72. The lowest BCUT2D eigenvalue weighted by Gasteiger charge is -2.02. The number of benzene rings is 2. The Morgan fingerprint density at radius 3 is 1.76 bits per heavy atom. The van der Waals surface area contributed by atoms with E-state index in [-0.39, 0.29) is 23.7 Å². The van der Waals surface area contributed by atoms with E-state index >= 15 is 0 Å². The van der Waals surface area contributed by atoms with Gasteiger partial charge < -0.3 is 0 Å². The van der Waals surface area contributed by atoms with Crippen LogP contribution in [0, 0.1) is 17.0 Å². The second-order valence-corrected chi connectivity index (χ2v) is 4.69. The summed E-state index contributed by atoms with van der Waals surface area (Å²) in [6, 6.07) is 12.2. The van der Waals surface area contributed by atoms with Crippen LogP contribution in [-0.4, -0.2) is 16.5 Å². The normalized spacial score (nSPS) is 10.1. The minimum Gasteiger partial charge on any atom is -0.294 e. The van der Waals surface area contributed by atoms with Gasteiger partial charge in [0.25, 0.3) is 5.69 Å². The zero-order chi connectivity index (χ0) is 15.4. The molecule has 0 aliphatic rings. The van der Waals surface area contributed by atoms with Crippen LogP contribution in [0.5, 0.6) is 0 Å². The van der Waals surface area contributed by atoms with Crippen molar-refractivity contribution in [1.82, 2.24) is 0 Å². The standard InChI is InChI=1S/C16H13NO4/c1-11-2-4-12(5-3-11)15(18)10-16(19)13-6-8-14(9-7-13)17(20)21/h2-9H,10H2,1H3. The second-order valence-electron chi connectivity index (χ2n) is 4.69. The van der Waals surface area contributed by atoms with Crippen LogP contribution >= 0.6 is 0 Å². The van der Waals surface area contributed by atoms with Gasteiger partial charge in [0.2, 0.25) is 0 Å². The number of hydrogen-bond donors (Lipinski definition) is 0. The molecule has 0 saturated heterocycles. The van der Waals surface area contributed by atoms with Crippen LogP contribution in [0.2, 0.25) is 0 Å². The number of nitro groups is 1. The zero-order valence-corrected chi connectivity index (χ0v) is 11.4. The fraction of sp³-hybridized carbons (Fsp3) is 0.125. The van der Waals surface area contributed by atoms with Crippen molar-refractivity contribution in [2.45, 2.75) is 13.3 Å². The van der Waals surface area contributed by atoms with Crippen molar-refractivity contribution in [2.75, 3.05) is 0 Å². The Balaban J connectivity index is 2.08. The number of carbonyl (C=O) groups is 2. The van der Waals surface area contributed by atoms with Gasteiger partial charge in [0.05, 0.1) is 11.3 Å². The minimum absolute atomic E-state index is 0.0867. The Kier molecular flexibility index (Phi) is 4.23. The number of Topliss-reactive ketones (excluding diaryl/α,β-unsaturated/α-hetero) is 2. The molecular weight excluding hydrogens is 270 g/mol. The molecule has 2 aromatic carbocycles. The van der Waals surface area contributed by atoms with E-state index in [2.05, 4.69) is 0 Å². The topological polar surface area (TPSA) is 77.3 Å². The smallest absolute Gasteiger partial charge is 0.269 e. The molecule has 0 aliphatic heterocycles. The number of carbonyl (C=O) groups excluding carboxylic acids is 2. The molecule has 5 heteroatoms. The maximum Gasteiger partial charge on any atom is 0.269 e. The number of ketones is 2. The summed E-state index contributed by atoms with van der Waals surface area (Å²) >= 11 is 0. The van der Waals surface area contributed by atoms with E-state index in [1.807, 2.05) is 19.1 Å². The van der Waals surface area contributed by atoms with Crippen LogP contribution in [-0.2, 0) is 0 Å². The first-order chi connectivity index (χ1) is 9.97. The first-order valence-corrected chi connectivity index (χ1v) is 6.35. The molecule has 2 aromatic rings. The molecule has 21 heavy (non-hydrogen) atoms. The van der Waals surface area contributed by atoms with Crippen molar-refractivity contribution in [3.05, 3.63) is 75.3 Å². The molecule has 5 nitrogen and oxygen atoms in total. The highest BCUT2D eigenvalue weighted by Crippen LogP contribution is 2.14. The number of aryl methyl sites for hydroxylation is 1. The lowest BCUT2D eigenvalue weighted by atomic mass is 10.0. The number of nitro benzene ring substituents is 1. The van der Waals surface area contributed by atoms with Gasteiger partial charge in [0.15, 0.2) is 11.6 Å². The predicted octanol–water partition coefficient (Wildman–Crippen LogP) is 3.36. The number of hydrogen-bond acceptors (Lipinski definition) is 4. The quantitative estimate of drug-likeness (QED) is 0.365. The van der Waals surface area contributed by atoms with Gasteiger partial charge in [-0.2, -0.15) is 0 Å². The van der Waals surface area contributed by atoms with Crippen molar-refractivity contribution < 1.29 is 14.5 Å². The highest BCUT2D eigenvalue weighted by Gasteiger charge is 2.14. The van der Waals surface area contributed by atoms with E-state index in [0.29, 0.717) is 11.1 Å². The maximum atomic E-state index is 12.0. The predicted molar refractivity (Wildman–Crippen MR) is 77.6 cm³/mol. The van der Waals surface area contributed by atoms with Crippen molar-refractivity contribution in [1.29, 1.82) is 0 Å². The number of nitrogens with zero attached hydrogens (tertiary/aromatic N) is 1. The van der Waals surface area contributed by atoms with E-state index < -0.39 is 4.92 Å². The molecule has 0 spiro atoms. The summed E-state index contributed by atoms with van der Waals surface area (Å²) < 4.78 is 0. The van der Waals surface area contributed by atoms with Gasteiger partial charge in [-0.25, -0.2) is 0 Å². The molecule has 106 valence electrons. The van der Waals surface area contributed by atoms with E-state index in [4.69, 9.17) is 0 Å². The zero-order valence-electron chi connectivity index (χ0n) is 11.4. The van der Waals surface area contributed by atoms with Crippen molar-refractivity contribution in [3.8, 4) is 0 Å². The fourth-order valence-electron chi connectivity index (χ4n) is 1.86. The van der Waals surface area contributed by atoms with Crippen LogP contribution in [0.4, 0.5) is 5.69 Å². The average Bonchev–Trinajstić information content (AvgIpc) is 2.47. The first-order valence-electron chi connectivity index (χ1n) is 6.35. The number of non-ortho nitro benzene ring substituents is 1. The lowest BCUT2D eigenvalue weighted by molar-refractivity contribution is -0.384.